The molecule has 116 valence electrons. The second-order valence-corrected chi connectivity index (χ2v) is 7.01. The van der Waals surface area contributed by atoms with Gasteiger partial charge in [0, 0.05) is 18.6 Å². The van der Waals surface area contributed by atoms with Gasteiger partial charge in [0.1, 0.15) is 0 Å². The number of urea groups is 1. The average molecular weight is 296 g/mol. The largest absolute Gasteiger partial charge is 0.334 e. The van der Waals surface area contributed by atoms with Crippen LogP contribution in [0.25, 0.3) is 0 Å². The fourth-order valence-electron chi connectivity index (χ4n) is 3.98. The fourth-order valence-corrected chi connectivity index (χ4v) is 3.98. The minimum Gasteiger partial charge on any atom is -0.334 e. The predicted octanol–water partition coefficient (Wildman–Crippen LogP) is 3.86. The van der Waals surface area contributed by atoms with Crippen LogP contribution < -0.4 is 5.32 Å². The molecule has 0 aromatic heterocycles. The molecule has 1 N–H and O–H groups in total. The highest BCUT2D eigenvalue weighted by molar-refractivity contribution is 5.75. The van der Waals surface area contributed by atoms with E-state index in [1.54, 1.807) is 5.57 Å². The SMILES string of the molecule is O=C(NCc1ccccc1)N1C2CCC1CC(=CC1CC1)C2. The maximum atomic E-state index is 12.6. The Kier molecular flexibility index (Phi) is 3.65. The van der Waals surface area contributed by atoms with Gasteiger partial charge in [-0.25, -0.2) is 4.79 Å². The van der Waals surface area contributed by atoms with Gasteiger partial charge in [-0.3, -0.25) is 0 Å². The highest BCUT2D eigenvalue weighted by Gasteiger charge is 2.41. The van der Waals surface area contributed by atoms with E-state index in [2.05, 4.69) is 28.4 Å². The van der Waals surface area contributed by atoms with Crippen molar-refractivity contribution in [1.29, 1.82) is 0 Å². The summed E-state index contributed by atoms with van der Waals surface area (Å²) in [6.07, 6.45) is 9.80. The Morgan fingerprint density at radius 3 is 2.41 bits per heavy atom. The first-order valence-electron chi connectivity index (χ1n) is 8.59. The molecule has 2 unspecified atom stereocenters. The Balaban J connectivity index is 1.37. The highest BCUT2D eigenvalue weighted by Crippen LogP contribution is 2.41. The number of allylic oxidation sites excluding steroid dienone is 1. The van der Waals surface area contributed by atoms with Gasteiger partial charge >= 0.3 is 6.03 Å². The van der Waals surface area contributed by atoms with E-state index in [-0.39, 0.29) is 6.03 Å². The van der Waals surface area contributed by atoms with Gasteiger partial charge in [-0.1, -0.05) is 42.0 Å². The second-order valence-electron chi connectivity index (χ2n) is 7.01. The molecule has 22 heavy (non-hydrogen) atoms. The van der Waals surface area contributed by atoms with Crippen LogP contribution in [0.1, 0.15) is 44.1 Å². The van der Waals surface area contributed by atoms with E-state index in [0.717, 1.165) is 24.3 Å². The van der Waals surface area contributed by atoms with Crippen molar-refractivity contribution in [2.75, 3.05) is 0 Å². The summed E-state index contributed by atoms with van der Waals surface area (Å²) in [5.74, 6) is 0.854. The van der Waals surface area contributed by atoms with E-state index in [4.69, 9.17) is 0 Å². The van der Waals surface area contributed by atoms with Crippen LogP contribution in [0.15, 0.2) is 42.0 Å². The summed E-state index contributed by atoms with van der Waals surface area (Å²) >= 11 is 0. The van der Waals surface area contributed by atoms with Crippen LogP contribution in [0, 0.1) is 5.92 Å². The molecule has 3 aliphatic rings. The Labute approximate surface area is 132 Å². The number of rotatable bonds is 3. The summed E-state index contributed by atoms with van der Waals surface area (Å²) in [6.45, 7) is 0.625. The summed E-state index contributed by atoms with van der Waals surface area (Å²) in [5.41, 5.74) is 2.77. The number of nitrogens with one attached hydrogen (secondary N) is 1. The van der Waals surface area contributed by atoms with Crippen LogP contribution in [0.2, 0.25) is 0 Å². The number of carbonyl (C=O) groups is 1. The predicted molar refractivity (Wildman–Crippen MR) is 87.4 cm³/mol. The average Bonchev–Trinajstić information content (AvgIpc) is 3.30. The zero-order valence-electron chi connectivity index (χ0n) is 13.0. The lowest BCUT2D eigenvalue weighted by Crippen LogP contribution is -2.49. The normalized spacial score (nSPS) is 26.9. The number of nitrogens with zero attached hydrogens (tertiary/aromatic N) is 1. The minimum absolute atomic E-state index is 0.127. The molecule has 2 bridgehead atoms. The van der Waals surface area contributed by atoms with Crippen molar-refractivity contribution in [3.63, 3.8) is 0 Å². The number of fused-ring (bicyclic) bond motifs is 2. The Bertz CT molecular complexity index is 560. The van der Waals surface area contributed by atoms with Crippen molar-refractivity contribution in [3.05, 3.63) is 47.5 Å². The van der Waals surface area contributed by atoms with Gasteiger partial charge in [-0.05, 0) is 50.0 Å². The molecule has 1 aromatic rings. The summed E-state index contributed by atoms with van der Waals surface area (Å²) < 4.78 is 0. The van der Waals surface area contributed by atoms with Gasteiger partial charge in [0.15, 0.2) is 0 Å². The van der Waals surface area contributed by atoms with Gasteiger partial charge in [-0.2, -0.15) is 0 Å². The van der Waals surface area contributed by atoms with Crippen molar-refractivity contribution in [1.82, 2.24) is 10.2 Å². The maximum Gasteiger partial charge on any atom is 0.318 e. The van der Waals surface area contributed by atoms with Crippen LogP contribution >= 0.6 is 0 Å². The Morgan fingerprint density at radius 1 is 1.09 bits per heavy atom. The van der Waals surface area contributed by atoms with E-state index in [0.29, 0.717) is 18.6 Å². The topological polar surface area (TPSA) is 32.3 Å². The molecule has 2 aliphatic heterocycles. The van der Waals surface area contributed by atoms with Crippen LogP contribution in [-0.4, -0.2) is 23.0 Å². The lowest BCUT2D eigenvalue weighted by Gasteiger charge is -2.36. The van der Waals surface area contributed by atoms with Gasteiger partial charge in [0.2, 0.25) is 0 Å². The van der Waals surface area contributed by atoms with Gasteiger partial charge in [0.05, 0.1) is 0 Å². The first-order chi connectivity index (χ1) is 10.8. The van der Waals surface area contributed by atoms with E-state index in [9.17, 15) is 4.79 Å². The number of benzene rings is 1. The van der Waals surface area contributed by atoms with Crippen molar-refractivity contribution >= 4 is 6.03 Å². The highest BCUT2D eigenvalue weighted by atomic mass is 16.2. The van der Waals surface area contributed by atoms with E-state index < -0.39 is 0 Å². The maximum absolute atomic E-state index is 12.6. The van der Waals surface area contributed by atoms with Crippen molar-refractivity contribution < 1.29 is 4.79 Å². The number of amides is 2. The summed E-state index contributed by atoms with van der Waals surface area (Å²) in [6, 6.07) is 11.1. The van der Waals surface area contributed by atoms with Crippen LogP contribution in [0.4, 0.5) is 4.79 Å². The van der Waals surface area contributed by atoms with Gasteiger partial charge in [-0.15, -0.1) is 0 Å². The quantitative estimate of drug-likeness (QED) is 0.844. The monoisotopic (exact) mass is 296 g/mol. The van der Waals surface area contributed by atoms with Crippen LogP contribution in [0.3, 0.4) is 0 Å². The second kappa shape index (κ2) is 5.79. The molecule has 0 spiro atoms. The number of hydrogen-bond donors (Lipinski definition) is 1. The van der Waals surface area contributed by atoms with Crippen molar-refractivity contribution in [2.24, 2.45) is 5.92 Å². The van der Waals surface area contributed by atoms with Crippen LogP contribution in [-0.2, 0) is 6.54 Å². The molecule has 1 saturated carbocycles. The van der Waals surface area contributed by atoms with Crippen molar-refractivity contribution in [3.8, 4) is 0 Å². The van der Waals surface area contributed by atoms with E-state index in [1.807, 2.05) is 18.2 Å². The third-order valence-electron chi connectivity index (χ3n) is 5.23. The third-order valence-corrected chi connectivity index (χ3v) is 5.23. The number of hydrogen-bond acceptors (Lipinski definition) is 1. The smallest absolute Gasteiger partial charge is 0.318 e. The Morgan fingerprint density at radius 2 is 1.77 bits per heavy atom. The third kappa shape index (κ3) is 2.90. The fraction of sp³-hybridized carbons (Fsp3) is 0.526. The molecule has 0 radical (unpaired) electrons. The summed E-state index contributed by atoms with van der Waals surface area (Å²) in [5, 5.41) is 3.10. The van der Waals surface area contributed by atoms with Gasteiger partial charge in [0.25, 0.3) is 0 Å². The van der Waals surface area contributed by atoms with E-state index >= 15 is 0 Å². The molecular formula is C19H24N2O. The molecule has 3 fully saturated rings. The van der Waals surface area contributed by atoms with Crippen molar-refractivity contribution in [2.45, 2.75) is 57.2 Å². The molecule has 2 heterocycles. The van der Waals surface area contributed by atoms with E-state index in [1.165, 1.54) is 25.7 Å². The summed E-state index contributed by atoms with van der Waals surface area (Å²) in [4.78, 5) is 14.7. The first kappa shape index (κ1) is 13.9. The molecule has 2 atom stereocenters. The Hall–Kier alpha value is -1.77. The molecule has 4 rings (SSSR count). The molecule has 2 amide bonds. The lowest BCUT2D eigenvalue weighted by molar-refractivity contribution is 0.160. The molecular weight excluding hydrogens is 272 g/mol. The number of carbonyl (C=O) groups excluding carboxylic acids is 1. The number of piperidine rings is 1. The lowest BCUT2D eigenvalue weighted by atomic mass is 9.96. The molecule has 3 heteroatoms. The zero-order chi connectivity index (χ0) is 14.9. The summed E-state index contributed by atoms with van der Waals surface area (Å²) in [7, 11) is 0. The molecule has 1 aliphatic carbocycles. The molecule has 1 aromatic carbocycles. The first-order valence-corrected chi connectivity index (χ1v) is 8.59. The zero-order valence-corrected chi connectivity index (χ0v) is 13.0. The standard InChI is InChI=1S/C19H24N2O/c22-19(20-13-15-4-2-1-3-5-15)21-17-8-9-18(21)12-16(11-17)10-14-6-7-14/h1-5,10,14,17-18H,6-9,11-13H2,(H,20,22). The molecule has 2 saturated heterocycles. The minimum atomic E-state index is 0.127. The molecule has 3 nitrogen and oxygen atoms in total. The van der Waals surface area contributed by atoms with Crippen LogP contribution in [0.5, 0.6) is 0 Å². The van der Waals surface area contributed by atoms with Gasteiger partial charge < -0.3 is 10.2 Å².